The Labute approximate surface area is 197 Å². The Morgan fingerprint density at radius 3 is 2.88 bits per heavy atom. The maximum atomic E-state index is 11.6. The number of fused-ring (bicyclic) bond motifs is 1. The second-order valence-corrected chi connectivity index (χ2v) is 8.83. The van der Waals surface area contributed by atoms with Crippen molar-refractivity contribution in [2.24, 2.45) is 16.0 Å². The largest absolute Gasteiger partial charge is 0.492 e. The van der Waals surface area contributed by atoms with E-state index in [2.05, 4.69) is 31.2 Å². The molecule has 9 nitrogen and oxygen atoms in total. The lowest BCUT2D eigenvalue weighted by Gasteiger charge is -2.33. The van der Waals surface area contributed by atoms with Gasteiger partial charge in [-0.05, 0) is 57.1 Å². The molecule has 178 valence electrons. The molecule has 3 heterocycles. The maximum absolute atomic E-state index is 11.6. The molecule has 33 heavy (non-hydrogen) atoms. The Hall–Kier alpha value is -2.98. The van der Waals surface area contributed by atoms with Crippen molar-refractivity contribution >= 4 is 34.8 Å². The number of pyridine rings is 1. The van der Waals surface area contributed by atoms with Crippen molar-refractivity contribution in [3.63, 3.8) is 0 Å². The molecular formula is C23H32N6O3S. The number of nitrogens with one attached hydrogen (secondary N) is 2. The van der Waals surface area contributed by atoms with E-state index in [1.807, 2.05) is 25.2 Å². The van der Waals surface area contributed by atoms with Gasteiger partial charge in [0.05, 0.1) is 17.9 Å². The van der Waals surface area contributed by atoms with E-state index in [4.69, 9.17) is 10.5 Å². The fourth-order valence-electron chi connectivity index (χ4n) is 3.77. The van der Waals surface area contributed by atoms with Crippen LogP contribution in [0.15, 0.2) is 40.9 Å². The fourth-order valence-corrected chi connectivity index (χ4v) is 4.45. The highest BCUT2D eigenvalue weighted by molar-refractivity contribution is 7.85. The highest BCUT2D eigenvalue weighted by Gasteiger charge is 2.24. The summed E-state index contributed by atoms with van der Waals surface area (Å²) in [6.07, 6.45) is 5.73. The number of carbonyl (C=O) groups excluding carboxylic acids is 1. The summed E-state index contributed by atoms with van der Waals surface area (Å²) >= 11 is -1.55. The van der Waals surface area contributed by atoms with Crippen LogP contribution < -0.4 is 25.4 Å². The van der Waals surface area contributed by atoms with Crippen LogP contribution >= 0.6 is 0 Å². The molecule has 0 aliphatic carbocycles. The summed E-state index contributed by atoms with van der Waals surface area (Å²) < 4.78 is 24.4. The highest BCUT2D eigenvalue weighted by atomic mass is 32.2. The van der Waals surface area contributed by atoms with E-state index in [1.54, 1.807) is 18.3 Å². The molecule has 0 saturated carbocycles. The van der Waals surface area contributed by atoms with E-state index in [9.17, 15) is 9.00 Å². The molecule has 2 unspecified atom stereocenters. The zero-order valence-corrected chi connectivity index (χ0v) is 19.9. The van der Waals surface area contributed by atoms with Crippen molar-refractivity contribution in [3.8, 4) is 5.75 Å². The van der Waals surface area contributed by atoms with Gasteiger partial charge in [-0.3, -0.25) is 9.52 Å². The minimum Gasteiger partial charge on any atom is -0.492 e. The monoisotopic (exact) mass is 472 g/mol. The van der Waals surface area contributed by atoms with Gasteiger partial charge in [-0.15, -0.1) is 0 Å². The molecule has 1 saturated heterocycles. The first-order valence-corrected chi connectivity index (χ1v) is 12.3. The predicted octanol–water partition coefficient (Wildman–Crippen LogP) is 2.51. The van der Waals surface area contributed by atoms with Crippen molar-refractivity contribution in [1.29, 1.82) is 0 Å². The van der Waals surface area contributed by atoms with Gasteiger partial charge in [0.15, 0.2) is 6.29 Å². The molecule has 1 aromatic heterocycles. The molecular weight excluding hydrogens is 440 g/mol. The molecule has 0 radical (unpaired) electrons. The number of anilines is 2. The molecule has 2 aromatic rings. The quantitative estimate of drug-likeness (QED) is 0.529. The Bertz CT molecular complexity index is 981. The van der Waals surface area contributed by atoms with Gasteiger partial charge >= 0.3 is 0 Å². The van der Waals surface area contributed by atoms with Crippen LogP contribution in [-0.4, -0.2) is 54.6 Å². The summed E-state index contributed by atoms with van der Waals surface area (Å²) in [6, 6.07) is 9.15. The summed E-state index contributed by atoms with van der Waals surface area (Å²) in [6.45, 7) is 5.58. The summed E-state index contributed by atoms with van der Waals surface area (Å²) in [5.41, 5.74) is 7.85. The van der Waals surface area contributed by atoms with Gasteiger partial charge in [-0.2, -0.15) is 4.40 Å². The number of carbonyl (C=O) groups is 1. The average Bonchev–Trinajstić information content (AvgIpc) is 2.83. The number of amidine groups is 1. The number of ether oxygens (including phenoxy) is 1. The van der Waals surface area contributed by atoms with Crippen molar-refractivity contribution in [2.45, 2.75) is 26.2 Å². The van der Waals surface area contributed by atoms with Gasteiger partial charge in [0, 0.05) is 30.8 Å². The Balaban J connectivity index is 0.000000555. The number of benzene rings is 1. The summed E-state index contributed by atoms with van der Waals surface area (Å²) in [4.78, 5) is 17.4. The van der Waals surface area contributed by atoms with Crippen molar-refractivity contribution in [2.75, 3.05) is 42.9 Å². The number of hydrogen-bond donors (Lipinski definition) is 3. The molecule has 4 rings (SSSR count). The smallest absolute Gasteiger partial charge is 0.245 e. The minimum absolute atomic E-state index is 0.215. The predicted molar refractivity (Wildman–Crippen MR) is 133 cm³/mol. The molecule has 10 heteroatoms. The van der Waals surface area contributed by atoms with Crippen LogP contribution in [-0.2, 0) is 11.2 Å². The maximum Gasteiger partial charge on any atom is 0.245 e. The first-order valence-electron chi connectivity index (χ1n) is 11.1. The molecule has 2 atom stereocenters. The van der Waals surface area contributed by atoms with Crippen LogP contribution in [0.4, 0.5) is 11.5 Å². The van der Waals surface area contributed by atoms with Gasteiger partial charge in [0.2, 0.25) is 11.2 Å². The van der Waals surface area contributed by atoms with Crippen LogP contribution in [0.1, 0.15) is 42.1 Å². The fraction of sp³-hybridized carbons (Fsp3) is 0.435. The van der Waals surface area contributed by atoms with Gasteiger partial charge < -0.3 is 20.7 Å². The molecule has 0 spiro atoms. The Morgan fingerprint density at radius 2 is 2.21 bits per heavy atom. The standard InChI is InChI=1S/C19H21N5O3S.C4H11N/c20-19-18-15(22-28(26)23-19)4-1-5-16(18)27-12-14-3-2-8-24(10-14)17-7-6-13(11-25)9-21-17;1-3-4-5-2/h1,4-7,9,11,14,22H,2-3,8,10,12H2,(H2,20,23);5H,3-4H2,1-2H3. The van der Waals surface area contributed by atoms with Gasteiger partial charge in [-0.1, -0.05) is 13.0 Å². The number of rotatable bonds is 7. The molecule has 4 N–H and O–H groups in total. The lowest BCUT2D eigenvalue weighted by molar-refractivity contribution is 0.112. The van der Waals surface area contributed by atoms with Crippen molar-refractivity contribution in [1.82, 2.24) is 10.3 Å². The van der Waals surface area contributed by atoms with Crippen LogP contribution in [0.5, 0.6) is 5.75 Å². The van der Waals surface area contributed by atoms with Crippen LogP contribution in [0.25, 0.3) is 0 Å². The summed E-state index contributed by atoms with van der Waals surface area (Å²) in [5.74, 6) is 2.05. The first kappa shape index (κ1) is 24.7. The van der Waals surface area contributed by atoms with Crippen LogP contribution in [0, 0.1) is 5.92 Å². The Morgan fingerprint density at radius 1 is 1.36 bits per heavy atom. The Kier molecular flexibility index (Phi) is 9.20. The second kappa shape index (κ2) is 12.3. The SMILES string of the molecule is CCCNC.NC1=NS(=O)Nc2cccc(OCC3CCCN(c4ccc(C=O)cn4)C3)c21. The van der Waals surface area contributed by atoms with Crippen molar-refractivity contribution in [3.05, 3.63) is 47.7 Å². The minimum atomic E-state index is -1.55. The molecule has 1 aromatic carbocycles. The number of hydrogen-bond acceptors (Lipinski definition) is 7. The van der Waals surface area contributed by atoms with Crippen LogP contribution in [0.2, 0.25) is 0 Å². The van der Waals surface area contributed by atoms with Crippen molar-refractivity contribution < 1.29 is 13.7 Å². The molecule has 1 fully saturated rings. The topological polar surface area (TPSA) is 122 Å². The van der Waals surface area contributed by atoms with E-state index in [-0.39, 0.29) is 5.84 Å². The van der Waals surface area contributed by atoms with Gasteiger partial charge in [-0.25, -0.2) is 9.19 Å². The number of nitrogens with zero attached hydrogens (tertiary/aromatic N) is 3. The molecule has 0 amide bonds. The van der Waals surface area contributed by atoms with Gasteiger partial charge in [0.25, 0.3) is 0 Å². The zero-order valence-electron chi connectivity index (χ0n) is 19.1. The normalized spacial score (nSPS) is 19.3. The van der Waals surface area contributed by atoms with E-state index < -0.39 is 11.2 Å². The first-order chi connectivity index (χ1) is 16.0. The second-order valence-electron chi connectivity index (χ2n) is 7.94. The number of nitrogens with two attached hydrogens (primary N) is 1. The van der Waals surface area contributed by atoms with Gasteiger partial charge in [0.1, 0.15) is 17.4 Å². The lowest BCUT2D eigenvalue weighted by Crippen LogP contribution is -2.38. The lowest BCUT2D eigenvalue weighted by atomic mass is 9.99. The highest BCUT2D eigenvalue weighted by Crippen LogP contribution is 2.30. The number of piperidine rings is 1. The molecule has 2 aliphatic heterocycles. The van der Waals surface area contributed by atoms with E-state index >= 15 is 0 Å². The summed E-state index contributed by atoms with van der Waals surface area (Å²) in [5, 5.41) is 3.02. The average molecular weight is 473 g/mol. The third-order valence-electron chi connectivity index (χ3n) is 5.39. The zero-order chi connectivity index (χ0) is 23.6. The molecule has 0 bridgehead atoms. The van der Waals surface area contributed by atoms with Crippen LogP contribution in [0.3, 0.4) is 0 Å². The number of aldehydes is 1. The number of aromatic nitrogens is 1. The third kappa shape index (κ3) is 6.75. The summed E-state index contributed by atoms with van der Waals surface area (Å²) in [7, 11) is 1.96. The van der Waals surface area contributed by atoms with E-state index in [0.29, 0.717) is 35.1 Å². The van der Waals surface area contributed by atoms with E-state index in [0.717, 1.165) is 44.6 Å². The molecule has 2 aliphatic rings. The van der Waals surface area contributed by atoms with E-state index in [1.165, 1.54) is 6.42 Å². The third-order valence-corrected chi connectivity index (χ3v) is 6.14.